The predicted molar refractivity (Wildman–Crippen MR) is 88.1 cm³/mol. The van der Waals surface area contributed by atoms with Crippen LogP contribution < -0.4 is 11.1 Å². The molecule has 0 aromatic heterocycles. The van der Waals surface area contributed by atoms with E-state index in [-0.39, 0.29) is 11.3 Å². The van der Waals surface area contributed by atoms with E-state index >= 15 is 0 Å². The van der Waals surface area contributed by atoms with Crippen LogP contribution in [0, 0.1) is 0 Å². The van der Waals surface area contributed by atoms with Crippen molar-refractivity contribution in [1.82, 2.24) is 5.32 Å². The second-order valence-electron chi connectivity index (χ2n) is 6.33. The highest BCUT2D eigenvalue weighted by Gasteiger charge is 2.28. The van der Waals surface area contributed by atoms with Gasteiger partial charge in [-0.25, -0.2) is 0 Å². The third-order valence-corrected chi connectivity index (χ3v) is 4.10. The van der Waals surface area contributed by atoms with Crippen LogP contribution in [-0.4, -0.2) is 16.4 Å². The van der Waals surface area contributed by atoms with Crippen molar-refractivity contribution in [3.63, 3.8) is 0 Å². The largest absolute Gasteiger partial charge is 0.391 e. The Labute approximate surface area is 126 Å². The summed E-state index contributed by atoms with van der Waals surface area (Å²) in [6.45, 7) is 10.2. The molecule has 0 spiro atoms. The van der Waals surface area contributed by atoms with Crippen LogP contribution in [0.15, 0.2) is 24.3 Å². The number of rotatable bonds is 4. The predicted octanol–water partition coefficient (Wildman–Crippen LogP) is 3.17. The van der Waals surface area contributed by atoms with Gasteiger partial charge in [-0.2, -0.15) is 0 Å². The molecule has 0 aliphatic carbocycles. The highest BCUT2D eigenvalue weighted by molar-refractivity contribution is 7.80. The van der Waals surface area contributed by atoms with Crippen molar-refractivity contribution in [3.8, 4) is 0 Å². The first-order valence-electron chi connectivity index (χ1n) is 6.83. The third kappa shape index (κ3) is 3.79. The Balaban J connectivity index is 2.91. The van der Waals surface area contributed by atoms with Crippen molar-refractivity contribution < 1.29 is 4.79 Å². The van der Waals surface area contributed by atoms with E-state index < -0.39 is 5.54 Å². The molecule has 1 rings (SSSR count). The van der Waals surface area contributed by atoms with Gasteiger partial charge in [0.2, 0.25) is 0 Å². The molecule has 110 valence electrons. The molecule has 0 aliphatic rings. The molecule has 0 bridgehead atoms. The summed E-state index contributed by atoms with van der Waals surface area (Å²) in [7, 11) is 0. The van der Waals surface area contributed by atoms with Gasteiger partial charge in [0.05, 0.1) is 10.5 Å². The number of carbonyl (C=O) groups is 1. The monoisotopic (exact) mass is 292 g/mol. The Kier molecular flexibility index (Phi) is 4.92. The lowest BCUT2D eigenvalue weighted by molar-refractivity contribution is 0.0926. The molecule has 1 atom stereocenters. The minimum atomic E-state index is -0.644. The van der Waals surface area contributed by atoms with Gasteiger partial charge in [0, 0.05) is 5.56 Å². The average molecular weight is 292 g/mol. The minimum Gasteiger partial charge on any atom is -0.391 e. The first-order valence-corrected chi connectivity index (χ1v) is 7.24. The van der Waals surface area contributed by atoms with E-state index in [1.165, 1.54) is 5.56 Å². The van der Waals surface area contributed by atoms with Gasteiger partial charge in [0.25, 0.3) is 5.91 Å². The van der Waals surface area contributed by atoms with E-state index in [1.54, 1.807) is 0 Å². The summed E-state index contributed by atoms with van der Waals surface area (Å²) in [6, 6.07) is 7.65. The Morgan fingerprint density at radius 1 is 1.20 bits per heavy atom. The van der Waals surface area contributed by atoms with Crippen LogP contribution in [0.5, 0.6) is 0 Å². The highest BCUT2D eigenvalue weighted by Crippen LogP contribution is 2.22. The number of nitrogens with two attached hydrogens (primary N) is 1. The molecular weight excluding hydrogens is 268 g/mol. The van der Waals surface area contributed by atoms with Gasteiger partial charge < -0.3 is 11.1 Å². The van der Waals surface area contributed by atoms with Gasteiger partial charge in [0.1, 0.15) is 0 Å². The van der Waals surface area contributed by atoms with Crippen LogP contribution >= 0.6 is 12.2 Å². The molecular formula is C16H24N2OS. The smallest absolute Gasteiger partial charge is 0.252 e. The van der Waals surface area contributed by atoms with Crippen LogP contribution in [0.1, 0.15) is 57.0 Å². The minimum absolute atomic E-state index is 0.0752. The molecule has 3 nitrogen and oxygen atoms in total. The Bertz CT molecular complexity index is 502. The van der Waals surface area contributed by atoms with Gasteiger partial charge in [-0.15, -0.1) is 0 Å². The number of nitrogens with one attached hydrogen (secondary N) is 1. The summed E-state index contributed by atoms with van der Waals surface area (Å²) in [4.78, 5) is 12.6. The Hall–Kier alpha value is -1.42. The fourth-order valence-corrected chi connectivity index (χ4v) is 1.96. The van der Waals surface area contributed by atoms with E-state index in [1.807, 2.05) is 38.1 Å². The number of carbonyl (C=O) groups excluding carboxylic acids is 1. The Morgan fingerprint density at radius 2 is 1.70 bits per heavy atom. The van der Waals surface area contributed by atoms with E-state index in [2.05, 4.69) is 26.1 Å². The van der Waals surface area contributed by atoms with E-state index in [9.17, 15) is 4.79 Å². The second kappa shape index (κ2) is 5.92. The first kappa shape index (κ1) is 16.6. The Morgan fingerprint density at radius 3 is 2.05 bits per heavy atom. The summed E-state index contributed by atoms with van der Waals surface area (Å²) in [5, 5.41) is 2.91. The summed E-state index contributed by atoms with van der Waals surface area (Å²) in [6.07, 6.45) is 0.661. The molecule has 1 amide bonds. The molecule has 0 saturated heterocycles. The molecule has 0 saturated carbocycles. The SMILES string of the molecule is CCC(C)(NC(=O)c1ccc(C(C)(C)C)cc1)C(N)=S. The molecule has 1 aromatic carbocycles. The number of thiocarbonyl (C=S) groups is 1. The maximum atomic E-state index is 12.3. The van der Waals surface area contributed by atoms with Crippen molar-refractivity contribution in [3.05, 3.63) is 35.4 Å². The number of hydrogen-bond acceptors (Lipinski definition) is 2. The molecule has 1 unspecified atom stereocenters. The van der Waals surface area contributed by atoms with Gasteiger partial charge >= 0.3 is 0 Å². The lowest BCUT2D eigenvalue weighted by Gasteiger charge is -2.28. The maximum absolute atomic E-state index is 12.3. The molecule has 0 radical (unpaired) electrons. The lowest BCUT2D eigenvalue weighted by Crippen LogP contribution is -2.54. The zero-order chi connectivity index (χ0) is 15.6. The summed E-state index contributed by atoms with van der Waals surface area (Å²) < 4.78 is 0. The number of amides is 1. The van der Waals surface area contributed by atoms with Crippen molar-refractivity contribution in [2.45, 2.75) is 52.0 Å². The van der Waals surface area contributed by atoms with Crippen LogP contribution in [0.25, 0.3) is 0 Å². The van der Waals surface area contributed by atoms with E-state index in [0.29, 0.717) is 17.0 Å². The fourth-order valence-electron chi connectivity index (χ4n) is 1.77. The maximum Gasteiger partial charge on any atom is 0.252 e. The van der Waals surface area contributed by atoms with Crippen LogP contribution in [0.4, 0.5) is 0 Å². The van der Waals surface area contributed by atoms with Crippen LogP contribution in [-0.2, 0) is 5.41 Å². The number of hydrogen-bond donors (Lipinski definition) is 2. The van der Waals surface area contributed by atoms with Crippen molar-refractivity contribution in [1.29, 1.82) is 0 Å². The highest BCUT2D eigenvalue weighted by atomic mass is 32.1. The van der Waals surface area contributed by atoms with Crippen LogP contribution in [0.3, 0.4) is 0 Å². The standard InChI is InChI=1S/C16H24N2OS/c1-6-16(5,14(17)20)18-13(19)11-7-9-12(10-8-11)15(2,3)4/h7-10H,6H2,1-5H3,(H2,17,20)(H,18,19). The van der Waals surface area contributed by atoms with E-state index in [0.717, 1.165) is 0 Å². The van der Waals surface area contributed by atoms with Gasteiger partial charge in [-0.1, -0.05) is 52.0 Å². The average Bonchev–Trinajstić information content (AvgIpc) is 2.37. The normalized spacial score (nSPS) is 14.4. The molecule has 20 heavy (non-hydrogen) atoms. The topological polar surface area (TPSA) is 55.1 Å². The van der Waals surface area contributed by atoms with E-state index in [4.69, 9.17) is 18.0 Å². The molecule has 0 heterocycles. The summed E-state index contributed by atoms with van der Waals surface area (Å²) >= 11 is 5.03. The summed E-state index contributed by atoms with van der Waals surface area (Å²) in [5.74, 6) is -0.150. The molecule has 3 N–H and O–H groups in total. The van der Waals surface area contributed by atoms with Crippen molar-refractivity contribution in [2.24, 2.45) is 5.73 Å². The summed E-state index contributed by atoms with van der Waals surface area (Å²) in [5.41, 5.74) is 6.95. The number of benzene rings is 1. The molecule has 4 heteroatoms. The van der Waals surface area contributed by atoms with Crippen LogP contribution in [0.2, 0.25) is 0 Å². The zero-order valence-corrected chi connectivity index (χ0v) is 13.7. The first-order chi connectivity index (χ1) is 9.10. The lowest BCUT2D eigenvalue weighted by atomic mass is 9.86. The van der Waals surface area contributed by atoms with Gasteiger partial charge in [0.15, 0.2) is 0 Å². The van der Waals surface area contributed by atoms with Gasteiger partial charge in [-0.3, -0.25) is 4.79 Å². The fraction of sp³-hybridized carbons (Fsp3) is 0.500. The second-order valence-corrected chi connectivity index (χ2v) is 6.77. The van der Waals surface area contributed by atoms with Gasteiger partial charge in [-0.05, 0) is 36.5 Å². The zero-order valence-electron chi connectivity index (χ0n) is 12.9. The molecule has 0 fully saturated rings. The molecule has 0 aliphatic heterocycles. The third-order valence-electron chi connectivity index (χ3n) is 3.65. The van der Waals surface area contributed by atoms with Crippen molar-refractivity contribution >= 4 is 23.1 Å². The van der Waals surface area contributed by atoms with Crippen molar-refractivity contribution in [2.75, 3.05) is 0 Å². The molecule has 1 aromatic rings. The quantitative estimate of drug-likeness (QED) is 0.838.